The molecule has 1 aliphatic rings. The predicted molar refractivity (Wildman–Crippen MR) is 54.4 cm³/mol. The van der Waals surface area contributed by atoms with Gasteiger partial charge in [0.05, 0.1) is 13.2 Å². The number of halogens is 1. The van der Waals surface area contributed by atoms with Crippen LogP contribution < -0.4 is 0 Å². The van der Waals surface area contributed by atoms with E-state index in [-0.39, 0.29) is 26.1 Å². The molecular formula is C11H17FO4. The lowest BCUT2D eigenvalue weighted by Gasteiger charge is -2.23. The third kappa shape index (κ3) is 2.33. The van der Waals surface area contributed by atoms with Crippen molar-refractivity contribution in [1.82, 2.24) is 0 Å². The van der Waals surface area contributed by atoms with E-state index in [2.05, 4.69) is 0 Å². The van der Waals surface area contributed by atoms with E-state index in [1.165, 1.54) is 0 Å². The van der Waals surface area contributed by atoms with E-state index in [9.17, 15) is 14.0 Å². The molecule has 0 aromatic carbocycles. The fourth-order valence-corrected chi connectivity index (χ4v) is 1.78. The second-order valence-corrected chi connectivity index (χ2v) is 3.68. The quantitative estimate of drug-likeness (QED) is 0.547. The number of ether oxygens (including phenoxy) is 2. The maximum atomic E-state index is 13.4. The fourth-order valence-electron chi connectivity index (χ4n) is 1.78. The van der Waals surface area contributed by atoms with E-state index in [0.29, 0.717) is 0 Å². The molecular weight excluding hydrogens is 215 g/mol. The van der Waals surface area contributed by atoms with Gasteiger partial charge in [0.15, 0.2) is 5.41 Å². The SMILES string of the molecule is [2H][C@@H]1CC(C(=O)OCC)(C(=O)OCC)C[C@H]1F. The van der Waals surface area contributed by atoms with E-state index >= 15 is 0 Å². The monoisotopic (exact) mass is 233 g/mol. The van der Waals surface area contributed by atoms with Crippen LogP contribution in [-0.4, -0.2) is 31.3 Å². The van der Waals surface area contributed by atoms with E-state index in [1.807, 2.05) is 0 Å². The Bertz CT molecular complexity index is 278. The number of alkyl halides is 1. The lowest BCUT2D eigenvalue weighted by atomic mass is 9.86. The van der Waals surface area contributed by atoms with Gasteiger partial charge in [-0.15, -0.1) is 0 Å². The number of hydrogen-bond acceptors (Lipinski definition) is 4. The number of esters is 2. The maximum absolute atomic E-state index is 13.4. The van der Waals surface area contributed by atoms with Crippen molar-refractivity contribution < 1.29 is 24.8 Å². The second kappa shape index (κ2) is 5.27. The fraction of sp³-hybridized carbons (Fsp3) is 0.818. The Morgan fingerprint density at radius 1 is 1.38 bits per heavy atom. The Morgan fingerprint density at radius 2 is 1.88 bits per heavy atom. The average molecular weight is 233 g/mol. The Labute approximate surface area is 95.5 Å². The molecule has 0 aromatic heterocycles. The van der Waals surface area contributed by atoms with Crippen molar-refractivity contribution in [1.29, 1.82) is 0 Å². The Morgan fingerprint density at radius 3 is 2.19 bits per heavy atom. The van der Waals surface area contributed by atoms with Gasteiger partial charge in [-0.1, -0.05) is 0 Å². The van der Waals surface area contributed by atoms with Crippen molar-refractivity contribution in [3.05, 3.63) is 0 Å². The first kappa shape index (κ1) is 11.4. The zero-order valence-corrected chi connectivity index (χ0v) is 9.49. The van der Waals surface area contributed by atoms with Crippen LogP contribution in [0.2, 0.25) is 0 Å². The Balaban J connectivity index is 2.94. The van der Waals surface area contributed by atoms with Gasteiger partial charge in [-0.3, -0.25) is 9.59 Å². The third-order valence-corrected chi connectivity index (χ3v) is 2.60. The highest BCUT2D eigenvalue weighted by Crippen LogP contribution is 2.42. The van der Waals surface area contributed by atoms with Gasteiger partial charge in [0.25, 0.3) is 0 Å². The minimum Gasteiger partial charge on any atom is -0.465 e. The minimum atomic E-state index is -1.63. The van der Waals surface area contributed by atoms with Crippen LogP contribution in [0, 0.1) is 5.41 Å². The predicted octanol–water partition coefficient (Wildman–Crippen LogP) is 1.62. The zero-order valence-electron chi connectivity index (χ0n) is 10.5. The Kier molecular flexibility index (Phi) is 3.74. The molecule has 0 spiro atoms. The summed E-state index contributed by atoms with van der Waals surface area (Å²) < 4.78 is 30.5. The van der Waals surface area contributed by atoms with E-state index in [0.717, 1.165) is 0 Å². The van der Waals surface area contributed by atoms with Gasteiger partial charge < -0.3 is 9.47 Å². The summed E-state index contributed by atoms with van der Waals surface area (Å²) in [5, 5.41) is 0. The smallest absolute Gasteiger partial charge is 0.323 e. The lowest BCUT2D eigenvalue weighted by Crippen LogP contribution is -2.40. The zero-order chi connectivity index (χ0) is 13.1. The number of hydrogen-bond donors (Lipinski definition) is 0. The van der Waals surface area contributed by atoms with Gasteiger partial charge in [-0.05, 0) is 26.7 Å². The van der Waals surface area contributed by atoms with Crippen LogP contribution in [0.5, 0.6) is 0 Å². The molecule has 0 bridgehead atoms. The van der Waals surface area contributed by atoms with Crippen molar-refractivity contribution >= 4 is 11.9 Å². The molecule has 0 aliphatic heterocycles. The summed E-state index contributed by atoms with van der Waals surface area (Å²) in [4.78, 5) is 23.6. The largest absolute Gasteiger partial charge is 0.465 e. The van der Waals surface area contributed by atoms with E-state index in [1.54, 1.807) is 13.8 Å². The molecule has 0 amide bonds. The highest BCUT2D eigenvalue weighted by atomic mass is 19.1. The molecule has 1 saturated carbocycles. The molecule has 0 N–H and O–H groups in total. The molecule has 2 atom stereocenters. The van der Waals surface area contributed by atoms with Crippen molar-refractivity contribution in [2.75, 3.05) is 13.2 Å². The van der Waals surface area contributed by atoms with Crippen LogP contribution in [-0.2, 0) is 19.1 Å². The molecule has 92 valence electrons. The molecule has 0 heterocycles. The van der Waals surface area contributed by atoms with Crippen molar-refractivity contribution in [3.63, 3.8) is 0 Å². The first-order valence-electron chi connectivity index (χ1n) is 5.96. The van der Waals surface area contributed by atoms with E-state index in [4.69, 9.17) is 10.8 Å². The average Bonchev–Trinajstić information content (AvgIpc) is 2.57. The molecule has 0 unspecified atom stereocenters. The number of carbonyl (C=O) groups excluding carboxylic acids is 2. The first-order valence-corrected chi connectivity index (χ1v) is 5.38. The van der Waals surface area contributed by atoms with E-state index < -0.39 is 29.9 Å². The van der Waals surface area contributed by atoms with Crippen LogP contribution >= 0.6 is 0 Å². The van der Waals surface area contributed by atoms with Gasteiger partial charge in [0, 0.05) is 7.79 Å². The van der Waals surface area contributed by atoms with Crippen LogP contribution in [0.4, 0.5) is 4.39 Å². The van der Waals surface area contributed by atoms with Gasteiger partial charge in [0.2, 0.25) is 0 Å². The normalized spacial score (nSPS) is 28.3. The molecule has 0 radical (unpaired) electrons. The summed E-state index contributed by atoms with van der Waals surface area (Å²) in [7, 11) is 0. The third-order valence-electron chi connectivity index (χ3n) is 2.60. The minimum absolute atomic E-state index is 0.111. The number of carbonyl (C=O) groups is 2. The maximum Gasteiger partial charge on any atom is 0.323 e. The van der Waals surface area contributed by atoms with Crippen LogP contribution in [0.1, 0.15) is 34.5 Å². The Hall–Kier alpha value is -1.13. The molecule has 1 rings (SSSR count). The molecule has 1 aliphatic carbocycles. The van der Waals surface area contributed by atoms with Gasteiger partial charge >= 0.3 is 11.9 Å². The molecule has 4 nitrogen and oxygen atoms in total. The summed E-state index contributed by atoms with van der Waals surface area (Å²) in [5.41, 5.74) is -1.63. The molecule has 16 heavy (non-hydrogen) atoms. The summed E-state index contributed by atoms with van der Waals surface area (Å²) in [6.45, 7) is 3.44. The van der Waals surface area contributed by atoms with Crippen molar-refractivity contribution in [2.24, 2.45) is 5.41 Å². The molecule has 1 fully saturated rings. The first-order chi connectivity index (χ1) is 7.97. The topological polar surface area (TPSA) is 52.6 Å². The highest BCUT2D eigenvalue weighted by molar-refractivity contribution is 6.00. The molecule has 0 aromatic rings. The molecule has 0 saturated heterocycles. The van der Waals surface area contributed by atoms with Crippen molar-refractivity contribution in [3.8, 4) is 0 Å². The second-order valence-electron chi connectivity index (χ2n) is 3.68. The standard InChI is InChI=1S/C11H17FO4/c1-3-15-9(13)11(10(14)16-4-2)6-5-8(12)7-11/h8H,3-7H2,1-2H3/t8-/m0/s1/i5D/t5-,8+/m1. The van der Waals surface area contributed by atoms with Crippen LogP contribution in [0.3, 0.4) is 0 Å². The summed E-state index contributed by atoms with van der Waals surface area (Å²) in [6.07, 6.45) is -3.07. The van der Waals surface area contributed by atoms with Gasteiger partial charge in [-0.25, -0.2) is 4.39 Å². The summed E-state index contributed by atoms with van der Waals surface area (Å²) in [6, 6.07) is 0. The molecule has 5 heteroatoms. The van der Waals surface area contributed by atoms with Gasteiger partial charge in [-0.2, -0.15) is 0 Å². The van der Waals surface area contributed by atoms with Crippen LogP contribution in [0.25, 0.3) is 0 Å². The lowest BCUT2D eigenvalue weighted by molar-refractivity contribution is -0.171. The summed E-state index contributed by atoms with van der Waals surface area (Å²) >= 11 is 0. The summed E-state index contributed by atoms with van der Waals surface area (Å²) in [5.74, 6) is -1.56. The van der Waals surface area contributed by atoms with Crippen LogP contribution in [0.15, 0.2) is 0 Å². The van der Waals surface area contributed by atoms with Gasteiger partial charge in [0.1, 0.15) is 6.17 Å². The number of rotatable bonds is 4. The van der Waals surface area contributed by atoms with Crippen molar-refractivity contribution in [2.45, 2.75) is 39.3 Å². The highest BCUT2D eigenvalue weighted by Gasteiger charge is 2.54.